The summed E-state index contributed by atoms with van der Waals surface area (Å²) in [6.45, 7) is 2.11. The van der Waals surface area contributed by atoms with Gasteiger partial charge >= 0.3 is 0 Å². The van der Waals surface area contributed by atoms with Gasteiger partial charge in [0.2, 0.25) is 0 Å². The molecule has 0 saturated heterocycles. The second-order valence-corrected chi connectivity index (χ2v) is 3.83. The molecule has 2 atom stereocenters. The van der Waals surface area contributed by atoms with Crippen molar-refractivity contribution in [2.75, 3.05) is 0 Å². The molecule has 2 rings (SSSR count). The van der Waals surface area contributed by atoms with Crippen molar-refractivity contribution in [3.8, 4) is 0 Å². The molecule has 2 unspecified atom stereocenters. The van der Waals surface area contributed by atoms with Gasteiger partial charge in [-0.15, -0.1) is 11.3 Å². The van der Waals surface area contributed by atoms with Crippen molar-refractivity contribution < 1.29 is 5.11 Å². The van der Waals surface area contributed by atoms with E-state index in [-0.39, 0.29) is 0 Å². The molecule has 0 aromatic carbocycles. The molecular formula is C8H11NOS. The Morgan fingerprint density at radius 1 is 1.91 bits per heavy atom. The van der Waals surface area contributed by atoms with Crippen LogP contribution in [0.4, 0.5) is 0 Å². The predicted octanol–water partition coefficient (Wildman–Crippen LogP) is 1.76. The van der Waals surface area contributed by atoms with Crippen molar-refractivity contribution in [3.05, 3.63) is 16.6 Å². The number of hydrogen-bond acceptors (Lipinski definition) is 3. The molecule has 0 bridgehead atoms. The van der Waals surface area contributed by atoms with Gasteiger partial charge in [0, 0.05) is 5.38 Å². The summed E-state index contributed by atoms with van der Waals surface area (Å²) in [5.41, 5.74) is 2.09. The quantitative estimate of drug-likeness (QED) is 0.731. The number of thiazole rings is 1. The van der Waals surface area contributed by atoms with Gasteiger partial charge in [0.05, 0.1) is 11.2 Å². The Bertz CT molecular complexity index is 247. The number of nitrogens with zero attached hydrogens (tertiary/aromatic N) is 1. The normalized spacial score (nSPS) is 35.6. The molecule has 3 heteroatoms. The topological polar surface area (TPSA) is 33.1 Å². The third kappa shape index (κ3) is 0.993. The van der Waals surface area contributed by atoms with Crippen molar-refractivity contribution in [1.29, 1.82) is 0 Å². The summed E-state index contributed by atoms with van der Waals surface area (Å²) in [5.74, 6) is 0.449. The van der Waals surface area contributed by atoms with Gasteiger partial charge < -0.3 is 5.11 Å². The maximum atomic E-state index is 9.89. The molecule has 1 aromatic rings. The maximum absolute atomic E-state index is 9.89. The van der Waals surface area contributed by atoms with E-state index in [2.05, 4.69) is 11.9 Å². The number of rotatable bonds is 2. The highest BCUT2D eigenvalue weighted by Gasteiger charge is 2.54. The van der Waals surface area contributed by atoms with E-state index < -0.39 is 5.60 Å². The summed E-state index contributed by atoms with van der Waals surface area (Å²) in [5, 5.41) is 11.8. The van der Waals surface area contributed by atoms with Crippen LogP contribution >= 0.6 is 11.3 Å². The van der Waals surface area contributed by atoms with Crippen LogP contribution in [0.3, 0.4) is 0 Å². The third-order valence-corrected chi connectivity index (χ3v) is 3.03. The minimum atomic E-state index is -0.561. The van der Waals surface area contributed by atoms with Crippen molar-refractivity contribution in [3.63, 3.8) is 0 Å². The average Bonchev–Trinajstić information content (AvgIpc) is 2.55. The minimum Gasteiger partial charge on any atom is -0.383 e. The predicted molar refractivity (Wildman–Crippen MR) is 44.4 cm³/mol. The first kappa shape index (κ1) is 7.25. The fourth-order valence-corrected chi connectivity index (χ4v) is 2.17. The molecule has 1 heterocycles. The summed E-state index contributed by atoms with van der Waals surface area (Å²) in [7, 11) is 0. The monoisotopic (exact) mass is 169 g/mol. The van der Waals surface area contributed by atoms with E-state index in [1.54, 1.807) is 16.8 Å². The van der Waals surface area contributed by atoms with Crippen LogP contribution in [0.1, 0.15) is 25.5 Å². The molecule has 1 N–H and O–H groups in total. The van der Waals surface area contributed by atoms with Crippen LogP contribution in [0.5, 0.6) is 0 Å². The van der Waals surface area contributed by atoms with Crippen molar-refractivity contribution in [2.24, 2.45) is 5.92 Å². The highest BCUT2D eigenvalue weighted by atomic mass is 32.1. The van der Waals surface area contributed by atoms with E-state index in [1.165, 1.54) is 0 Å². The Morgan fingerprint density at radius 2 is 2.73 bits per heavy atom. The highest BCUT2D eigenvalue weighted by Crippen LogP contribution is 2.53. The van der Waals surface area contributed by atoms with Crippen LogP contribution < -0.4 is 0 Å². The van der Waals surface area contributed by atoms with Gasteiger partial charge in [-0.25, -0.2) is 4.98 Å². The largest absolute Gasteiger partial charge is 0.383 e. The van der Waals surface area contributed by atoms with Gasteiger partial charge in [0.1, 0.15) is 5.60 Å². The van der Waals surface area contributed by atoms with Crippen LogP contribution in [-0.4, -0.2) is 10.1 Å². The van der Waals surface area contributed by atoms with Crippen LogP contribution in [0, 0.1) is 5.92 Å². The summed E-state index contributed by atoms with van der Waals surface area (Å²) in [6.07, 6.45) is 1.95. The number of hydrogen-bond donors (Lipinski definition) is 1. The first-order chi connectivity index (χ1) is 5.27. The number of aromatic nitrogens is 1. The van der Waals surface area contributed by atoms with Crippen LogP contribution in [-0.2, 0) is 5.60 Å². The fraction of sp³-hybridized carbons (Fsp3) is 0.625. The van der Waals surface area contributed by atoms with E-state index >= 15 is 0 Å². The Hall–Kier alpha value is -0.410. The molecule has 11 heavy (non-hydrogen) atoms. The molecule has 1 aliphatic rings. The van der Waals surface area contributed by atoms with Gasteiger partial charge in [-0.2, -0.15) is 0 Å². The second-order valence-electron chi connectivity index (χ2n) is 3.11. The highest BCUT2D eigenvalue weighted by molar-refractivity contribution is 7.07. The van der Waals surface area contributed by atoms with E-state index in [1.807, 2.05) is 5.38 Å². The Morgan fingerprint density at radius 3 is 3.18 bits per heavy atom. The van der Waals surface area contributed by atoms with Crippen LogP contribution in [0.2, 0.25) is 0 Å². The summed E-state index contributed by atoms with van der Waals surface area (Å²) in [4.78, 5) is 4.12. The summed E-state index contributed by atoms with van der Waals surface area (Å²) in [6, 6.07) is 0. The molecule has 0 radical (unpaired) electrons. The molecule has 0 spiro atoms. The lowest BCUT2D eigenvalue weighted by Gasteiger charge is -2.04. The Kier molecular flexibility index (Phi) is 1.51. The Balaban J connectivity index is 2.19. The maximum Gasteiger partial charge on any atom is 0.111 e. The van der Waals surface area contributed by atoms with Crippen LogP contribution in [0.15, 0.2) is 10.9 Å². The van der Waals surface area contributed by atoms with Crippen LogP contribution in [0.25, 0.3) is 0 Å². The molecule has 0 amide bonds. The SMILES string of the molecule is CCC1CC1(O)c1cscn1. The van der Waals surface area contributed by atoms with Gasteiger partial charge in [-0.3, -0.25) is 0 Å². The Labute approximate surface area is 69.9 Å². The lowest BCUT2D eigenvalue weighted by atomic mass is 10.2. The van der Waals surface area contributed by atoms with Crippen molar-refractivity contribution >= 4 is 11.3 Å². The summed E-state index contributed by atoms with van der Waals surface area (Å²) >= 11 is 1.55. The van der Waals surface area contributed by atoms with E-state index in [9.17, 15) is 5.11 Å². The smallest absolute Gasteiger partial charge is 0.111 e. The third-order valence-electron chi connectivity index (χ3n) is 2.44. The van der Waals surface area contributed by atoms with Crippen molar-refractivity contribution in [1.82, 2.24) is 4.98 Å². The van der Waals surface area contributed by atoms with Gasteiger partial charge in [-0.05, 0) is 12.3 Å². The zero-order valence-electron chi connectivity index (χ0n) is 6.45. The standard InChI is InChI=1S/C8H11NOS/c1-2-6-3-8(6,10)7-4-11-5-9-7/h4-6,10H,2-3H2,1H3. The van der Waals surface area contributed by atoms with Crippen molar-refractivity contribution in [2.45, 2.75) is 25.4 Å². The summed E-state index contributed by atoms with van der Waals surface area (Å²) < 4.78 is 0. The fourth-order valence-electron chi connectivity index (χ4n) is 1.54. The van der Waals surface area contributed by atoms with E-state index in [0.717, 1.165) is 18.5 Å². The number of aliphatic hydroxyl groups is 1. The lowest BCUT2D eigenvalue weighted by molar-refractivity contribution is 0.126. The lowest BCUT2D eigenvalue weighted by Crippen LogP contribution is -2.08. The minimum absolute atomic E-state index is 0.449. The molecule has 1 fully saturated rings. The second kappa shape index (κ2) is 2.29. The van der Waals surface area contributed by atoms with E-state index in [0.29, 0.717) is 5.92 Å². The first-order valence-electron chi connectivity index (χ1n) is 3.88. The van der Waals surface area contributed by atoms with Gasteiger partial charge in [0.15, 0.2) is 0 Å². The molecule has 1 aromatic heterocycles. The zero-order valence-corrected chi connectivity index (χ0v) is 7.27. The molecule has 0 aliphatic heterocycles. The molecule has 2 nitrogen and oxygen atoms in total. The molecule has 60 valence electrons. The molecular weight excluding hydrogens is 158 g/mol. The molecule has 1 saturated carbocycles. The average molecular weight is 169 g/mol. The zero-order chi connectivity index (χ0) is 7.90. The molecule has 1 aliphatic carbocycles. The first-order valence-corrected chi connectivity index (χ1v) is 4.82. The van der Waals surface area contributed by atoms with Gasteiger partial charge in [-0.1, -0.05) is 13.3 Å². The van der Waals surface area contributed by atoms with E-state index in [4.69, 9.17) is 0 Å². The van der Waals surface area contributed by atoms with Gasteiger partial charge in [0.25, 0.3) is 0 Å².